The highest BCUT2D eigenvalue weighted by molar-refractivity contribution is 7.92. The third-order valence-electron chi connectivity index (χ3n) is 5.04. The van der Waals surface area contributed by atoms with Gasteiger partial charge >= 0.3 is 0 Å². The first-order valence-electron chi connectivity index (χ1n) is 9.75. The van der Waals surface area contributed by atoms with Crippen molar-refractivity contribution in [3.05, 3.63) is 59.7 Å². The molecule has 0 spiro atoms. The molecule has 31 heavy (non-hydrogen) atoms. The van der Waals surface area contributed by atoms with Crippen LogP contribution < -0.4 is 14.4 Å². The Bertz CT molecular complexity index is 1040. The van der Waals surface area contributed by atoms with E-state index in [9.17, 15) is 18.0 Å². The molecular weight excluding hydrogens is 418 g/mol. The summed E-state index contributed by atoms with van der Waals surface area (Å²) in [5.41, 5.74) is 2.15. The minimum Gasteiger partial charge on any atom is -0.497 e. The largest absolute Gasteiger partial charge is 0.497 e. The molecule has 0 unspecified atom stereocenters. The van der Waals surface area contributed by atoms with Crippen LogP contribution >= 0.6 is 0 Å². The minimum absolute atomic E-state index is 0.176. The normalized spacial score (nSPS) is 12.0. The van der Waals surface area contributed by atoms with Crippen molar-refractivity contribution in [2.24, 2.45) is 0 Å². The van der Waals surface area contributed by atoms with Crippen LogP contribution in [-0.2, 0) is 26.2 Å². The van der Waals surface area contributed by atoms with Crippen LogP contribution in [0, 0.1) is 6.92 Å². The van der Waals surface area contributed by atoms with E-state index < -0.39 is 28.5 Å². The molecule has 0 aliphatic rings. The van der Waals surface area contributed by atoms with E-state index in [1.54, 1.807) is 31.2 Å². The van der Waals surface area contributed by atoms with Crippen LogP contribution in [0.2, 0.25) is 0 Å². The molecule has 1 N–H and O–H groups in total. The van der Waals surface area contributed by atoms with E-state index in [0.717, 1.165) is 21.7 Å². The number of methoxy groups -OCH3 is 1. The molecule has 1 atom stereocenters. The number of likely N-dealkylation sites (N-methyl/N-ethyl adjacent to an activating group) is 1. The van der Waals surface area contributed by atoms with Crippen LogP contribution in [-0.4, -0.2) is 58.1 Å². The molecule has 0 saturated carbocycles. The average Bonchev–Trinajstić information content (AvgIpc) is 2.74. The predicted molar refractivity (Wildman–Crippen MR) is 120 cm³/mol. The van der Waals surface area contributed by atoms with Gasteiger partial charge in [0.05, 0.1) is 19.1 Å². The van der Waals surface area contributed by atoms with Gasteiger partial charge in [0.1, 0.15) is 18.3 Å². The summed E-state index contributed by atoms with van der Waals surface area (Å²) in [6, 6.07) is 13.2. The van der Waals surface area contributed by atoms with Gasteiger partial charge < -0.3 is 15.0 Å². The number of nitrogens with zero attached hydrogens (tertiary/aromatic N) is 2. The zero-order valence-electron chi connectivity index (χ0n) is 18.5. The number of amides is 2. The molecule has 0 heterocycles. The molecule has 8 nitrogen and oxygen atoms in total. The van der Waals surface area contributed by atoms with E-state index >= 15 is 0 Å². The molecule has 0 radical (unpaired) electrons. The number of hydrogen-bond donors (Lipinski definition) is 1. The highest BCUT2D eigenvalue weighted by Gasteiger charge is 2.30. The van der Waals surface area contributed by atoms with Crippen molar-refractivity contribution < 1.29 is 22.7 Å². The number of aryl methyl sites for hydroxylation is 1. The summed E-state index contributed by atoms with van der Waals surface area (Å²) < 4.78 is 31.2. The van der Waals surface area contributed by atoms with Crippen LogP contribution in [0.3, 0.4) is 0 Å². The Morgan fingerprint density at radius 2 is 1.81 bits per heavy atom. The van der Waals surface area contributed by atoms with Crippen molar-refractivity contribution >= 4 is 27.5 Å². The summed E-state index contributed by atoms with van der Waals surface area (Å²) in [5, 5.41) is 2.55. The van der Waals surface area contributed by atoms with E-state index in [-0.39, 0.29) is 12.5 Å². The number of anilines is 1. The number of hydrogen-bond acceptors (Lipinski definition) is 5. The fourth-order valence-corrected chi connectivity index (χ4v) is 3.98. The third-order valence-corrected chi connectivity index (χ3v) is 6.18. The molecule has 0 aromatic heterocycles. The Labute approximate surface area is 183 Å². The van der Waals surface area contributed by atoms with Crippen molar-refractivity contribution in [3.63, 3.8) is 0 Å². The Morgan fingerprint density at radius 1 is 1.13 bits per heavy atom. The molecule has 2 aromatic rings. The van der Waals surface area contributed by atoms with Crippen molar-refractivity contribution in [2.75, 3.05) is 31.3 Å². The van der Waals surface area contributed by atoms with Gasteiger partial charge in [0, 0.05) is 19.7 Å². The zero-order chi connectivity index (χ0) is 23.2. The summed E-state index contributed by atoms with van der Waals surface area (Å²) in [6.45, 7) is 3.27. The number of rotatable bonds is 9. The first kappa shape index (κ1) is 24.2. The van der Waals surface area contributed by atoms with Crippen molar-refractivity contribution in [1.82, 2.24) is 10.2 Å². The second-order valence-corrected chi connectivity index (χ2v) is 9.12. The third kappa shape index (κ3) is 6.21. The second kappa shape index (κ2) is 10.3. The molecule has 0 bridgehead atoms. The fourth-order valence-electron chi connectivity index (χ4n) is 3.14. The molecule has 0 aliphatic heterocycles. The van der Waals surface area contributed by atoms with Gasteiger partial charge in [-0.1, -0.05) is 30.3 Å². The Hall–Kier alpha value is -3.07. The van der Waals surface area contributed by atoms with Gasteiger partial charge in [0.2, 0.25) is 21.8 Å². The standard InChI is InChI=1S/C22H29N3O5S/c1-16-9-6-7-10-18(16)14-24(17(2)22(27)23-3)21(26)15-25(31(5,28)29)19-11-8-12-20(13-19)30-4/h6-13,17H,14-15H2,1-5H3,(H,23,27)/t17-/m0/s1. The SMILES string of the molecule is CNC(=O)[C@H](C)N(Cc1ccccc1C)C(=O)CN(c1cccc(OC)c1)S(C)(=O)=O. The first-order chi connectivity index (χ1) is 14.6. The van der Waals surface area contributed by atoms with E-state index in [0.29, 0.717) is 11.4 Å². The first-order valence-corrected chi connectivity index (χ1v) is 11.6. The average molecular weight is 448 g/mol. The zero-order valence-corrected chi connectivity index (χ0v) is 19.3. The summed E-state index contributed by atoms with van der Waals surface area (Å²) in [7, 11) is -0.804. The number of carbonyl (C=O) groups excluding carboxylic acids is 2. The van der Waals surface area contributed by atoms with Gasteiger partial charge in [-0.15, -0.1) is 0 Å². The molecule has 0 saturated heterocycles. The van der Waals surface area contributed by atoms with Crippen molar-refractivity contribution in [1.29, 1.82) is 0 Å². The number of ether oxygens (including phenoxy) is 1. The number of nitrogens with one attached hydrogen (secondary N) is 1. The lowest BCUT2D eigenvalue weighted by Crippen LogP contribution is -2.50. The molecule has 9 heteroatoms. The quantitative estimate of drug-likeness (QED) is 0.634. The van der Waals surface area contributed by atoms with Crippen LogP contribution in [0.5, 0.6) is 5.75 Å². The summed E-state index contributed by atoms with van der Waals surface area (Å²) >= 11 is 0. The smallest absolute Gasteiger partial charge is 0.244 e. The maximum Gasteiger partial charge on any atom is 0.244 e. The van der Waals surface area contributed by atoms with Gasteiger partial charge in [0.25, 0.3) is 0 Å². The molecule has 2 rings (SSSR count). The lowest BCUT2D eigenvalue weighted by atomic mass is 10.1. The highest BCUT2D eigenvalue weighted by Crippen LogP contribution is 2.24. The maximum atomic E-state index is 13.3. The molecule has 0 aliphatic carbocycles. The van der Waals surface area contributed by atoms with Crippen LogP contribution in [0.25, 0.3) is 0 Å². The van der Waals surface area contributed by atoms with Crippen LogP contribution in [0.4, 0.5) is 5.69 Å². The minimum atomic E-state index is -3.77. The monoisotopic (exact) mass is 447 g/mol. The lowest BCUT2D eigenvalue weighted by molar-refractivity contribution is -0.139. The Kier molecular flexibility index (Phi) is 8.04. The molecule has 2 amide bonds. The predicted octanol–water partition coefficient (Wildman–Crippen LogP) is 1.93. The molecule has 168 valence electrons. The van der Waals surface area contributed by atoms with E-state index in [2.05, 4.69) is 5.32 Å². The maximum absolute atomic E-state index is 13.3. The van der Waals surface area contributed by atoms with E-state index in [4.69, 9.17) is 4.74 Å². The van der Waals surface area contributed by atoms with Crippen molar-refractivity contribution in [3.8, 4) is 5.75 Å². The van der Waals surface area contributed by atoms with E-state index in [1.165, 1.54) is 19.1 Å². The summed E-state index contributed by atoms with van der Waals surface area (Å²) in [5.74, 6) is -0.365. The Morgan fingerprint density at radius 3 is 2.39 bits per heavy atom. The second-order valence-electron chi connectivity index (χ2n) is 7.21. The number of carbonyl (C=O) groups is 2. The topological polar surface area (TPSA) is 96.0 Å². The fraction of sp³-hybridized carbons (Fsp3) is 0.364. The van der Waals surface area contributed by atoms with Gasteiger partial charge in [-0.05, 0) is 37.1 Å². The van der Waals surface area contributed by atoms with Crippen molar-refractivity contribution in [2.45, 2.75) is 26.4 Å². The lowest BCUT2D eigenvalue weighted by Gasteiger charge is -2.31. The van der Waals surface area contributed by atoms with E-state index in [1.807, 2.05) is 31.2 Å². The van der Waals surface area contributed by atoms with Gasteiger partial charge in [0.15, 0.2) is 0 Å². The summed E-state index contributed by atoms with van der Waals surface area (Å²) in [6.07, 6.45) is 1.04. The number of sulfonamides is 1. The van der Waals surface area contributed by atoms with Gasteiger partial charge in [-0.2, -0.15) is 0 Å². The number of benzene rings is 2. The van der Waals surface area contributed by atoms with Gasteiger partial charge in [-0.3, -0.25) is 13.9 Å². The molecule has 2 aromatic carbocycles. The molecular formula is C22H29N3O5S. The highest BCUT2D eigenvalue weighted by atomic mass is 32.2. The Balaban J connectivity index is 2.41. The molecule has 0 fully saturated rings. The van der Waals surface area contributed by atoms with Gasteiger partial charge in [-0.25, -0.2) is 8.42 Å². The van der Waals surface area contributed by atoms with Crippen LogP contribution in [0.1, 0.15) is 18.1 Å². The van der Waals surface area contributed by atoms with Crippen LogP contribution in [0.15, 0.2) is 48.5 Å². The summed E-state index contributed by atoms with van der Waals surface area (Å²) in [4.78, 5) is 27.0.